The number of hydrogen-bond acceptors (Lipinski definition) is 5. The number of piperazine rings is 1. The number of ketones is 1. The number of pyridine rings is 1. The third kappa shape index (κ3) is 5.85. The molecule has 0 spiro atoms. The average Bonchev–Trinajstić information content (AvgIpc) is 2.82. The lowest BCUT2D eigenvalue weighted by Crippen LogP contribution is -2.56. The molecule has 182 valence electrons. The van der Waals surface area contributed by atoms with Crippen molar-refractivity contribution >= 4 is 23.3 Å². The minimum atomic E-state index is -0.276. The number of nitrogens with zero attached hydrogens (tertiary/aromatic N) is 3. The summed E-state index contributed by atoms with van der Waals surface area (Å²) in [6, 6.07) is 7.70. The van der Waals surface area contributed by atoms with Crippen molar-refractivity contribution in [1.82, 2.24) is 14.8 Å². The van der Waals surface area contributed by atoms with E-state index in [0.29, 0.717) is 30.2 Å². The van der Waals surface area contributed by atoms with Gasteiger partial charge in [-0.3, -0.25) is 19.5 Å². The van der Waals surface area contributed by atoms with Crippen molar-refractivity contribution in [2.24, 2.45) is 0 Å². The second-order valence-electron chi connectivity index (χ2n) is 9.61. The van der Waals surface area contributed by atoms with Gasteiger partial charge in [-0.2, -0.15) is 0 Å². The molecule has 2 atom stereocenters. The minimum Gasteiger partial charge on any atom is -0.368 e. The fraction of sp³-hybridized carbons (Fsp3) is 0.519. The molecule has 7 heteroatoms. The molecule has 34 heavy (non-hydrogen) atoms. The Bertz CT molecular complexity index is 1030. The topological polar surface area (TPSA) is 62.7 Å². The standard InChI is InChI=1S/C27H34ClN3O3/c1-18-7-8-21(15-29-18)25(32)14-22-12-24(28)13-23(20(22)3)17-30-9-10-31(19(2)16-30)27(33)26-6-4-5-11-34-26/h7-8,12-13,15,19,26H,4-6,9-11,14,16-17H2,1-3H3/t19-,26+/m0/s1. The van der Waals surface area contributed by atoms with Crippen molar-refractivity contribution in [2.75, 3.05) is 26.2 Å². The third-order valence-corrected chi connectivity index (χ3v) is 7.23. The molecule has 6 nitrogen and oxygen atoms in total. The Kier molecular flexibility index (Phi) is 8.02. The van der Waals surface area contributed by atoms with Gasteiger partial charge in [0.25, 0.3) is 5.91 Å². The maximum absolute atomic E-state index is 12.9. The normalized spacial score (nSPS) is 21.5. The van der Waals surface area contributed by atoms with E-state index < -0.39 is 0 Å². The van der Waals surface area contributed by atoms with Crippen LogP contribution in [0.4, 0.5) is 0 Å². The predicted octanol–water partition coefficient (Wildman–Crippen LogP) is 4.38. The SMILES string of the molecule is Cc1ccc(C(=O)Cc2cc(Cl)cc(CN3CCN(C(=O)[C@H]4CCCCO4)[C@@H](C)C3)c2C)cn1. The van der Waals surface area contributed by atoms with Crippen molar-refractivity contribution in [2.45, 2.75) is 65.1 Å². The van der Waals surface area contributed by atoms with Crippen molar-refractivity contribution in [1.29, 1.82) is 0 Å². The van der Waals surface area contributed by atoms with Crippen LogP contribution in [0.3, 0.4) is 0 Å². The van der Waals surface area contributed by atoms with Crippen LogP contribution in [-0.2, 0) is 22.5 Å². The summed E-state index contributed by atoms with van der Waals surface area (Å²) in [6.45, 7) is 9.80. The maximum atomic E-state index is 12.9. The number of amides is 1. The molecule has 3 heterocycles. The number of carbonyl (C=O) groups excluding carboxylic acids is 2. The Hall–Kier alpha value is -2.28. The monoisotopic (exact) mass is 483 g/mol. The molecule has 0 bridgehead atoms. The lowest BCUT2D eigenvalue weighted by atomic mass is 9.96. The summed E-state index contributed by atoms with van der Waals surface area (Å²) in [5, 5.41) is 0.641. The van der Waals surface area contributed by atoms with Crippen LogP contribution in [0, 0.1) is 13.8 Å². The van der Waals surface area contributed by atoms with Crippen LogP contribution >= 0.6 is 11.6 Å². The minimum absolute atomic E-state index is 0.0366. The van der Waals surface area contributed by atoms with E-state index in [-0.39, 0.29) is 23.8 Å². The summed E-state index contributed by atoms with van der Waals surface area (Å²) in [7, 11) is 0. The summed E-state index contributed by atoms with van der Waals surface area (Å²) >= 11 is 6.46. The van der Waals surface area contributed by atoms with Gasteiger partial charge in [0.1, 0.15) is 6.10 Å². The van der Waals surface area contributed by atoms with Crippen LogP contribution in [0.15, 0.2) is 30.5 Å². The van der Waals surface area contributed by atoms with E-state index in [0.717, 1.165) is 61.3 Å². The van der Waals surface area contributed by atoms with Gasteiger partial charge >= 0.3 is 0 Å². The van der Waals surface area contributed by atoms with Crippen LogP contribution in [-0.4, -0.2) is 64.9 Å². The molecule has 2 fully saturated rings. The van der Waals surface area contributed by atoms with E-state index in [1.165, 1.54) is 0 Å². The lowest BCUT2D eigenvalue weighted by molar-refractivity contribution is -0.151. The van der Waals surface area contributed by atoms with Crippen LogP contribution in [0.1, 0.15) is 58.9 Å². The number of aryl methyl sites for hydroxylation is 1. The molecule has 2 aliphatic heterocycles. The molecule has 4 rings (SSSR count). The number of carbonyl (C=O) groups is 2. The van der Waals surface area contributed by atoms with Gasteiger partial charge in [0.05, 0.1) is 0 Å². The van der Waals surface area contributed by atoms with Gasteiger partial charge in [-0.1, -0.05) is 11.6 Å². The van der Waals surface area contributed by atoms with E-state index in [1.54, 1.807) is 6.20 Å². The van der Waals surface area contributed by atoms with E-state index in [2.05, 4.69) is 23.7 Å². The number of aromatic nitrogens is 1. The molecule has 0 N–H and O–H groups in total. The largest absolute Gasteiger partial charge is 0.368 e. The highest BCUT2D eigenvalue weighted by molar-refractivity contribution is 6.30. The highest BCUT2D eigenvalue weighted by Crippen LogP contribution is 2.25. The maximum Gasteiger partial charge on any atom is 0.252 e. The number of rotatable bonds is 6. The smallest absolute Gasteiger partial charge is 0.252 e. The Labute approximate surface area is 207 Å². The highest BCUT2D eigenvalue weighted by Gasteiger charge is 2.33. The second-order valence-corrected chi connectivity index (χ2v) is 10.0. The predicted molar refractivity (Wildman–Crippen MR) is 133 cm³/mol. The first kappa shape index (κ1) is 24.8. The van der Waals surface area contributed by atoms with Gasteiger partial charge < -0.3 is 9.64 Å². The van der Waals surface area contributed by atoms with Gasteiger partial charge in [-0.15, -0.1) is 0 Å². The third-order valence-electron chi connectivity index (χ3n) is 7.02. The van der Waals surface area contributed by atoms with Crippen LogP contribution < -0.4 is 0 Å². The Morgan fingerprint density at radius 1 is 1.15 bits per heavy atom. The molecular formula is C27H34ClN3O3. The van der Waals surface area contributed by atoms with E-state index in [1.807, 2.05) is 36.1 Å². The fourth-order valence-electron chi connectivity index (χ4n) is 4.92. The van der Waals surface area contributed by atoms with Gasteiger partial charge in [-0.25, -0.2) is 0 Å². The van der Waals surface area contributed by atoms with Crippen molar-refractivity contribution < 1.29 is 14.3 Å². The number of benzene rings is 1. The summed E-state index contributed by atoms with van der Waals surface area (Å²) in [5.41, 5.74) is 4.67. The molecule has 2 aliphatic rings. The summed E-state index contributed by atoms with van der Waals surface area (Å²) < 4.78 is 5.72. The number of Topliss-reactive ketones (excluding diaryl/α,β-unsaturated/α-hetero) is 1. The van der Waals surface area contributed by atoms with Crippen LogP contribution in [0.5, 0.6) is 0 Å². The molecular weight excluding hydrogens is 450 g/mol. The highest BCUT2D eigenvalue weighted by atomic mass is 35.5. The molecule has 0 aliphatic carbocycles. The molecule has 1 aromatic carbocycles. The average molecular weight is 484 g/mol. The molecule has 1 amide bonds. The zero-order valence-corrected chi connectivity index (χ0v) is 21.1. The first-order chi connectivity index (χ1) is 16.3. The zero-order valence-electron chi connectivity index (χ0n) is 20.3. The lowest BCUT2D eigenvalue weighted by Gasteiger charge is -2.41. The van der Waals surface area contributed by atoms with Crippen LogP contribution in [0.25, 0.3) is 0 Å². The molecule has 2 aromatic rings. The van der Waals surface area contributed by atoms with E-state index >= 15 is 0 Å². The number of hydrogen-bond donors (Lipinski definition) is 0. The van der Waals surface area contributed by atoms with Crippen molar-refractivity contribution in [3.05, 3.63) is 63.4 Å². The molecule has 0 saturated carbocycles. The van der Waals surface area contributed by atoms with Gasteiger partial charge in [0.2, 0.25) is 0 Å². The summed E-state index contributed by atoms with van der Waals surface area (Å²) in [4.78, 5) is 34.4. The molecule has 2 saturated heterocycles. The first-order valence-corrected chi connectivity index (χ1v) is 12.6. The number of ether oxygens (including phenoxy) is 1. The van der Waals surface area contributed by atoms with Gasteiger partial charge in [0, 0.05) is 67.7 Å². The zero-order chi connectivity index (χ0) is 24.2. The van der Waals surface area contributed by atoms with Gasteiger partial charge in [-0.05, 0) is 81.0 Å². The van der Waals surface area contributed by atoms with Crippen molar-refractivity contribution in [3.63, 3.8) is 0 Å². The van der Waals surface area contributed by atoms with Crippen LogP contribution in [0.2, 0.25) is 5.02 Å². The quantitative estimate of drug-likeness (QED) is 0.570. The Morgan fingerprint density at radius 2 is 1.94 bits per heavy atom. The summed E-state index contributed by atoms with van der Waals surface area (Å²) in [5.74, 6) is 0.173. The van der Waals surface area contributed by atoms with E-state index in [4.69, 9.17) is 16.3 Å². The Balaban J connectivity index is 1.41. The number of halogens is 1. The summed E-state index contributed by atoms with van der Waals surface area (Å²) in [6.07, 6.45) is 4.59. The van der Waals surface area contributed by atoms with Gasteiger partial charge in [0.15, 0.2) is 5.78 Å². The fourth-order valence-corrected chi connectivity index (χ4v) is 5.18. The Morgan fingerprint density at radius 3 is 2.62 bits per heavy atom. The van der Waals surface area contributed by atoms with Crippen molar-refractivity contribution in [3.8, 4) is 0 Å². The molecule has 0 radical (unpaired) electrons. The second kappa shape index (κ2) is 11.0. The first-order valence-electron chi connectivity index (χ1n) is 12.2. The molecule has 0 unspecified atom stereocenters. The molecule has 1 aromatic heterocycles. The van der Waals surface area contributed by atoms with E-state index in [9.17, 15) is 9.59 Å².